The van der Waals surface area contributed by atoms with Crippen molar-refractivity contribution in [3.8, 4) is 0 Å². The van der Waals surface area contributed by atoms with Crippen molar-refractivity contribution in [3.05, 3.63) is 35.9 Å². The van der Waals surface area contributed by atoms with Crippen LogP contribution in [0.15, 0.2) is 30.3 Å². The molecule has 0 aromatic heterocycles. The number of hydrogen-bond acceptors (Lipinski definition) is 3. The molecule has 4 heteroatoms. The maximum Gasteiger partial charge on any atom is 0.245 e. The monoisotopic (exact) mass is 245 g/mol. The maximum atomic E-state index is 12.5. The van der Waals surface area contributed by atoms with Crippen molar-refractivity contribution in [3.63, 3.8) is 0 Å². The van der Waals surface area contributed by atoms with E-state index in [2.05, 4.69) is 22.9 Å². The van der Waals surface area contributed by atoms with E-state index < -0.39 is 0 Å². The number of carbonyl (C=O) groups excluding carboxylic acids is 1. The zero-order valence-electron chi connectivity index (χ0n) is 10.6. The second-order valence-electron chi connectivity index (χ2n) is 5.33. The SMILES string of the molecule is CN1NC2CCNC[C@@]2(Cc2ccccc2)C1=O. The second kappa shape index (κ2) is 4.37. The van der Waals surface area contributed by atoms with Gasteiger partial charge in [0.15, 0.2) is 0 Å². The van der Waals surface area contributed by atoms with Crippen LogP contribution in [0.4, 0.5) is 0 Å². The first-order chi connectivity index (χ1) is 8.72. The molecule has 0 spiro atoms. The topological polar surface area (TPSA) is 44.4 Å². The van der Waals surface area contributed by atoms with Crippen molar-refractivity contribution in [1.29, 1.82) is 0 Å². The van der Waals surface area contributed by atoms with E-state index in [1.54, 1.807) is 5.01 Å². The standard InChI is InChI=1S/C14H19N3O/c1-17-13(18)14(9-11-5-3-2-4-6-11)10-15-8-7-12(14)16-17/h2-6,12,15-16H,7-10H2,1H3/t12?,14-/m1/s1. The number of amides is 1. The first-order valence-electron chi connectivity index (χ1n) is 6.51. The summed E-state index contributed by atoms with van der Waals surface area (Å²) in [5, 5.41) is 5.05. The van der Waals surface area contributed by atoms with Gasteiger partial charge in [0, 0.05) is 19.6 Å². The van der Waals surface area contributed by atoms with Crippen molar-refractivity contribution in [1.82, 2.24) is 15.8 Å². The Hall–Kier alpha value is -1.39. The van der Waals surface area contributed by atoms with Gasteiger partial charge >= 0.3 is 0 Å². The lowest BCUT2D eigenvalue weighted by Gasteiger charge is -2.36. The molecule has 18 heavy (non-hydrogen) atoms. The number of fused-ring (bicyclic) bond motifs is 1. The third kappa shape index (κ3) is 1.72. The minimum atomic E-state index is -0.311. The van der Waals surface area contributed by atoms with Crippen molar-refractivity contribution < 1.29 is 4.79 Å². The summed E-state index contributed by atoms with van der Waals surface area (Å²) < 4.78 is 0. The van der Waals surface area contributed by atoms with Crippen LogP contribution in [0.5, 0.6) is 0 Å². The molecule has 1 aromatic carbocycles. The summed E-state index contributed by atoms with van der Waals surface area (Å²) in [6, 6.07) is 10.6. The maximum absolute atomic E-state index is 12.5. The molecular formula is C14H19N3O. The lowest BCUT2D eigenvalue weighted by Crippen LogP contribution is -2.54. The van der Waals surface area contributed by atoms with Gasteiger partial charge in [0.1, 0.15) is 0 Å². The molecule has 0 bridgehead atoms. The molecule has 2 aliphatic rings. The highest BCUT2D eigenvalue weighted by Crippen LogP contribution is 2.36. The average Bonchev–Trinajstić information content (AvgIpc) is 2.64. The van der Waals surface area contributed by atoms with Crippen LogP contribution in [0.25, 0.3) is 0 Å². The van der Waals surface area contributed by atoms with Crippen LogP contribution >= 0.6 is 0 Å². The lowest BCUT2D eigenvalue weighted by molar-refractivity contribution is -0.136. The Morgan fingerprint density at radius 1 is 1.39 bits per heavy atom. The van der Waals surface area contributed by atoms with E-state index in [0.717, 1.165) is 25.9 Å². The van der Waals surface area contributed by atoms with Crippen LogP contribution in [0.3, 0.4) is 0 Å². The van der Waals surface area contributed by atoms with Gasteiger partial charge in [0.05, 0.1) is 5.41 Å². The third-order valence-corrected chi connectivity index (χ3v) is 4.16. The molecule has 2 atom stereocenters. The summed E-state index contributed by atoms with van der Waals surface area (Å²) in [6.07, 6.45) is 1.81. The summed E-state index contributed by atoms with van der Waals surface area (Å²) in [5.74, 6) is 0.212. The fraction of sp³-hybridized carbons (Fsp3) is 0.500. The first kappa shape index (κ1) is 11.7. The number of nitrogens with one attached hydrogen (secondary N) is 2. The van der Waals surface area contributed by atoms with Crippen molar-refractivity contribution in [2.24, 2.45) is 5.41 Å². The van der Waals surface area contributed by atoms with Gasteiger partial charge in [-0.25, -0.2) is 5.43 Å². The van der Waals surface area contributed by atoms with E-state index in [1.807, 2.05) is 25.2 Å². The largest absolute Gasteiger partial charge is 0.316 e. The number of carbonyl (C=O) groups is 1. The molecule has 2 saturated heterocycles. The van der Waals surface area contributed by atoms with Crippen LogP contribution in [0.2, 0.25) is 0 Å². The van der Waals surface area contributed by atoms with Crippen LogP contribution in [0, 0.1) is 5.41 Å². The molecule has 2 fully saturated rings. The molecule has 2 aliphatic heterocycles. The molecule has 1 aromatic rings. The summed E-state index contributed by atoms with van der Waals surface area (Å²) in [6.45, 7) is 1.75. The summed E-state index contributed by atoms with van der Waals surface area (Å²) >= 11 is 0. The zero-order chi connectivity index (χ0) is 12.6. The van der Waals surface area contributed by atoms with E-state index in [1.165, 1.54) is 5.56 Å². The normalized spacial score (nSPS) is 31.5. The highest BCUT2D eigenvalue weighted by Gasteiger charge is 2.53. The molecule has 4 nitrogen and oxygen atoms in total. The Morgan fingerprint density at radius 2 is 2.17 bits per heavy atom. The quantitative estimate of drug-likeness (QED) is 0.800. The summed E-state index contributed by atoms with van der Waals surface area (Å²) in [4.78, 5) is 12.5. The Bertz CT molecular complexity index is 448. The molecular weight excluding hydrogens is 226 g/mol. The molecule has 1 unspecified atom stereocenters. The molecule has 0 saturated carbocycles. The lowest BCUT2D eigenvalue weighted by atomic mass is 9.72. The van der Waals surface area contributed by atoms with Gasteiger partial charge in [-0.05, 0) is 24.9 Å². The van der Waals surface area contributed by atoms with Gasteiger partial charge in [-0.2, -0.15) is 0 Å². The number of piperidine rings is 1. The molecule has 1 amide bonds. The molecule has 2 N–H and O–H groups in total. The Labute approximate surface area is 107 Å². The Morgan fingerprint density at radius 3 is 2.94 bits per heavy atom. The predicted molar refractivity (Wildman–Crippen MR) is 69.8 cm³/mol. The predicted octanol–water partition coefficient (Wildman–Crippen LogP) is 0.554. The number of benzene rings is 1. The van der Waals surface area contributed by atoms with E-state index in [-0.39, 0.29) is 17.4 Å². The fourth-order valence-corrected chi connectivity index (χ4v) is 3.22. The van der Waals surface area contributed by atoms with Crippen LogP contribution in [-0.2, 0) is 11.2 Å². The first-order valence-corrected chi connectivity index (χ1v) is 6.51. The van der Waals surface area contributed by atoms with Crippen LogP contribution < -0.4 is 10.7 Å². The van der Waals surface area contributed by atoms with E-state index in [0.29, 0.717) is 0 Å². The number of hydrogen-bond donors (Lipinski definition) is 2. The van der Waals surface area contributed by atoms with Gasteiger partial charge < -0.3 is 5.32 Å². The molecule has 2 heterocycles. The minimum absolute atomic E-state index is 0.212. The Kier molecular flexibility index (Phi) is 2.84. The molecule has 0 aliphatic carbocycles. The zero-order valence-corrected chi connectivity index (χ0v) is 10.6. The second-order valence-corrected chi connectivity index (χ2v) is 5.33. The minimum Gasteiger partial charge on any atom is -0.316 e. The van der Waals surface area contributed by atoms with E-state index in [9.17, 15) is 4.79 Å². The third-order valence-electron chi connectivity index (χ3n) is 4.16. The van der Waals surface area contributed by atoms with Crippen molar-refractivity contribution in [2.45, 2.75) is 18.9 Å². The number of hydrazine groups is 1. The number of rotatable bonds is 2. The molecule has 3 rings (SSSR count). The van der Waals surface area contributed by atoms with Crippen LogP contribution in [0.1, 0.15) is 12.0 Å². The fourth-order valence-electron chi connectivity index (χ4n) is 3.22. The highest BCUT2D eigenvalue weighted by atomic mass is 16.2. The van der Waals surface area contributed by atoms with Gasteiger partial charge in [0.2, 0.25) is 5.91 Å². The van der Waals surface area contributed by atoms with Gasteiger partial charge in [-0.15, -0.1) is 0 Å². The highest BCUT2D eigenvalue weighted by molar-refractivity contribution is 5.86. The van der Waals surface area contributed by atoms with Gasteiger partial charge in [-0.1, -0.05) is 30.3 Å². The van der Waals surface area contributed by atoms with Gasteiger partial charge in [0.25, 0.3) is 0 Å². The summed E-state index contributed by atoms with van der Waals surface area (Å²) in [7, 11) is 1.83. The van der Waals surface area contributed by atoms with E-state index >= 15 is 0 Å². The van der Waals surface area contributed by atoms with Crippen molar-refractivity contribution >= 4 is 5.91 Å². The van der Waals surface area contributed by atoms with Gasteiger partial charge in [-0.3, -0.25) is 9.80 Å². The molecule has 0 radical (unpaired) electrons. The summed E-state index contributed by atoms with van der Waals surface area (Å²) in [5.41, 5.74) is 4.23. The van der Waals surface area contributed by atoms with Crippen LogP contribution in [-0.4, -0.2) is 37.1 Å². The Balaban J connectivity index is 1.92. The van der Waals surface area contributed by atoms with Crippen molar-refractivity contribution in [2.75, 3.05) is 20.1 Å². The average molecular weight is 245 g/mol. The smallest absolute Gasteiger partial charge is 0.245 e. The number of nitrogens with zero attached hydrogens (tertiary/aromatic N) is 1. The van der Waals surface area contributed by atoms with E-state index in [4.69, 9.17) is 0 Å². The molecule has 96 valence electrons.